The van der Waals surface area contributed by atoms with Crippen LogP contribution >= 0.6 is 11.3 Å². The lowest BCUT2D eigenvalue weighted by Crippen LogP contribution is -2.33. The molecule has 0 saturated carbocycles. The van der Waals surface area contributed by atoms with Gasteiger partial charge in [-0.05, 0) is 47.7 Å². The van der Waals surface area contributed by atoms with Crippen molar-refractivity contribution in [1.29, 1.82) is 0 Å². The molecule has 6 nitrogen and oxygen atoms in total. The molecule has 3 heterocycles. The molecule has 2 atom stereocenters. The number of hydrogen-bond donors (Lipinski definition) is 1. The number of hydrogen-bond acceptors (Lipinski definition) is 6. The highest BCUT2D eigenvalue weighted by Crippen LogP contribution is 2.47. The number of imidazole rings is 1. The number of fused-ring (bicyclic) bond motifs is 3. The van der Waals surface area contributed by atoms with E-state index in [1.54, 1.807) is 25.6 Å². The highest BCUT2D eigenvalue weighted by atomic mass is 32.1. The van der Waals surface area contributed by atoms with Crippen LogP contribution in [0.15, 0.2) is 71.2 Å². The molecule has 1 aliphatic heterocycles. The number of methoxy groups -OCH3 is 2. The lowest BCUT2D eigenvalue weighted by Gasteiger charge is -2.36. The summed E-state index contributed by atoms with van der Waals surface area (Å²) in [6.45, 7) is 0. The van der Waals surface area contributed by atoms with Gasteiger partial charge in [-0.3, -0.25) is 9.36 Å². The first-order valence-electron chi connectivity index (χ1n) is 10.9. The number of benzene rings is 2. The zero-order chi connectivity index (χ0) is 22.5. The summed E-state index contributed by atoms with van der Waals surface area (Å²) >= 11 is 1.71. The van der Waals surface area contributed by atoms with Gasteiger partial charge in [0.05, 0.1) is 31.3 Å². The smallest absolute Gasteiger partial charge is 0.209 e. The van der Waals surface area contributed by atoms with Gasteiger partial charge in [0, 0.05) is 28.5 Å². The summed E-state index contributed by atoms with van der Waals surface area (Å²) in [5.41, 5.74) is 4.62. The van der Waals surface area contributed by atoms with Crippen molar-refractivity contribution in [3.05, 3.63) is 81.7 Å². The molecule has 4 aromatic rings. The summed E-state index contributed by atoms with van der Waals surface area (Å²) < 4.78 is 13.2. The number of nitrogens with one attached hydrogen (secondary N) is 1. The number of ether oxygens (including phenoxy) is 2. The number of thiophene rings is 1. The van der Waals surface area contributed by atoms with Gasteiger partial charge in [0.1, 0.15) is 0 Å². The van der Waals surface area contributed by atoms with Crippen molar-refractivity contribution in [2.24, 2.45) is 0 Å². The molecule has 6 rings (SSSR count). The lowest BCUT2D eigenvalue weighted by atomic mass is 9.79. The Morgan fingerprint density at radius 2 is 1.88 bits per heavy atom. The van der Waals surface area contributed by atoms with Crippen LogP contribution in [0.5, 0.6) is 11.5 Å². The molecule has 2 aliphatic rings. The van der Waals surface area contributed by atoms with E-state index < -0.39 is 0 Å². The number of carbonyl (C=O) groups excluding carboxylic acids is 1. The zero-order valence-corrected chi connectivity index (χ0v) is 19.2. The summed E-state index contributed by atoms with van der Waals surface area (Å²) in [4.78, 5) is 19.8. The van der Waals surface area contributed by atoms with Gasteiger partial charge in [-0.25, -0.2) is 4.98 Å². The maximum Gasteiger partial charge on any atom is 0.209 e. The Morgan fingerprint density at radius 3 is 2.67 bits per heavy atom. The number of anilines is 1. The second kappa shape index (κ2) is 7.78. The maximum absolute atomic E-state index is 13.7. The fourth-order valence-corrected chi connectivity index (χ4v) is 5.92. The number of carbonyl (C=O) groups is 1. The molecule has 166 valence electrons. The third-order valence-corrected chi connectivity index (χ3v) is 7.60. The number of aromatic nitrogens is 2. The van der Waals surface area contributed by atoms with Gasteiger partial charge in [-0.2, -0.15) is 0 Å². The van der Waals surface area contributed by atoms with Gasteiger partial charge in [-0.1, -0.05) is 24.3 Å². The molecule has 0 saturated heterocycles. The minimum Gasteiger partial charge on any atom is -0.493 e. The van der Waals surface area contributed by atoms with Crippen molar-refractivity contribution in [3.8, 4) is 11.5 Å². The van der Waals surface area contributed by atoms with E-state index in [0.717, 1.165) is 40.2 Å². The molecule has 1 N–H and O–H groups in total. The van der Waals surface area contributed by atoms with E-state index in [1.807, 2.05) is 36.4 Å². The average Bonchev–Trinajstić information content (AvgIpc) is 3.50. The summed E-state index contributed by atoms with van der Waals surface area (Å²) in [6, 6.07) is 17.8. The molecule has 2 aromatic heterocycles. The minimum absolute atomic E-state index is 0.172. The Bertz CT molecular complexity index is 1400. The molecular formula is C26H23N3O3S. The van der Waals surface area contributed by atoms with Crippen LogP contribution in [0.1, 0.15) is 35.2 Å². The SMILES string of the molecule is COc1ccc(C2C3=C(CC(c4cccs4)CC3=O)Nc3nc4ccccc4n32)cc1OC. The maximum atomic E-state index is 13.7. The first-order chi connectivity index (χ1) is 16.2. The Morgan fingerprint density at radius 1 is 1.03 bits per heavy atom. The van der Waals surface area contributed by atoms with Crippen molar-refractivity contribution < 1.29 is 14.3 Å². The number of para-hydroxylation sites is 2. The number of rotatable bonds is 4. The van der Waals surface area contributed by atoms with E-state index in [1.165, 1.54) is 4.88 Å². The first-order valence-corrected chi connectivity index (χ1v) is 11.8. The number of Topliss-reactive ketones (excluding diaryl/α,β-unsaturated/α-hetero) is 1. The number of allylic oxidation sites excluding steroid dienone is 2. The van der Waals surface area contributed by atoms with Crippen LogP contribution in [-0.4, -0.2) is 29.6 Å². The fraction of sp³-hybridized carbons (Fsp3) is 0.231. The van der Waals surface area contributed by atoms with Gasteiger partial charge in [0.2, 0.25) is 5.95 Å². The molecule has 2 unspecified atom stereocenters. The van der Waals surface area contributed by atoms with E-state index in [9.17, 15) is 4.79 Å². The summed E-state index contributed by atoms with van der Waals surface area (Å²) in [5, 5.41) is 5.59. The van der Waals surface area contributed by atoms with Crippen molar-refractivity contribution in [2.45, 2.75) is 24.8 Å². The van der Waals surface area contributed by atoms with Crippen LogP contribution in [0.3, 0.4) is 0 Å². The highest BCUT2D eigenvalue weighted by Gasteiger charge is 2.40. The van der Waals surface area contributed by atoms with Gasteiger partial charge >= 0.3 is 0 Å². The van der Waals surface area contributed by atoms with Crippen LogP contribution in [0.4, 0.5) is 5.95 Å². The van der Waals surface area contributed by atoms with E-state index in [0.29, 0.717) is 17.9 Å². The Hall–Kier alpha value is -3.58. The monoisotopic (exact) mass is 457 g/mol. The molecular weight excluding hydrogens is 434 g/mol. The van der Waals surface area contributed by atoms with Gasteiger partial charge in [-0.15, -0.1) is 11.3 Å². The molecule has 0 bridgehead atoms. The largest absolute Gasteiger partial charge is 0.493 e. The van der Waals surface area contributed by atoms with E-state index >= 15 is 0 Å². The Labute approximate surface area is 195 Å². The number of ketones is 1. The second-order valence-electron chi connectivity index (χ2n) is 8.37. The van der Waals surface area contributed by atoms with Gasteiger partial charge < -0.3 is 14.8 Å². The van der Waals surface area contributed by atoms with Crippen molar-refractivity contribution in [2.75, 3.05) is 19.5 Å². The molecule has 1 aliphatic carbocycles. The molecule has 0 radical (unpaired) electrons. The summed E-state index contributed by atoms with van der Waals surface area (Å²) in [5.74, 6) is 2.42. The van der Waals surface area contributed by atoms with Crippen LogP contribution in [0.2, 0.25) is 0 Å². The summed E-state index contributed by atoms with van der Waals surface area (Å²) in [7, 11) is 3.25. The average molecular weight is 458 g/mol. The summed E-state index contributed by atoms with van der Waals surface area (Å²) in [6.07, 6.45) is 1.29. The molecule has 7 heteroatoms. The van der Waals surface area contributed by atoms with Crippen molar-refractivity contribution in [1.82, 2.24) is 9.55 Å². The Kier molecular flexibility index (Phi) is 4.73. The van der Waals surface area contributed by atoms with Crippen LogP contribution < -0.4 is 14.8 Å². The van der Waals surface area contributed by atoms with E-state index in [-0.39, 0.29) is 17.7 Å². The second-order valence-corrected chi connectivity index (χ2v) is 9.35. The zero-order valence-electron chi connectivity index (χ0n) is 18.4. The highest BCUT2D eigenvalue weighted by molar-refractivity contribution is 7.10. The van der Waals surface area contributed by atoms with E-state index in [4.69, 9.17) is 14.5 Å². The van der Waals surface area contributed by atoms with Crippen LogP contribution in [0, 0.1) is 0 Å². The predicted octanol–water partition coefficient (Wildman–Crippen LogP) is 5.53. The fourth-order valence-electron chi connectivity index (χ4n) is 5.09. The predicted molar refractivity (Wildman–Crippen MR) is 129 cm³/mol. The van der Waals surface area contributed by atoms with Crippen molar-refractivity contribution in [3.63, 3.8) is 0 Å². The normalized spacial score (nSPS) is 19.8. The topological polar surface area (TPSA) is 65.4 Å². The van der Waals surface area contributed by atoms with Crippen molar-refractivity contribution >= 4 is 34.1 Å². The van der Waals surface area contributed by atoms with Gasteiger partial charge in [0.25, 0.3) is 0 Å². The third kappa shape index (κ3) is 3.15. The van der Waals surface area contributed by atoms with E-state index in [2.05, 4.69) is 33.5 Å². The minimum atomic E-state index is -0.291. The third-order valence-electron chi connectivity index (χ3n) is 6.57. The lowest BCUT2D eigenvalue weighted by molar-refractivity contribution is -0.116. The number of nitrogens with zero attached hydrogens (tertiary/aromatic N) is 2. The molecule has 2 aromatic carbocycles. The Balaban J connectivity index is 1.55. The molecule has 33 heavy (non-hydrogen) atoms. The molecule has 0 fully saturated rings. The van der Waals surface area contributed by atoms with Crippen LogP contribution in [-0.2, 0) is 4.79 Å². The molecule has 0 amide bonds. The van der Waals surface area contributed by atoms with Crippen LogP contribution in [0.25, 0.3) is 11.0 Å². The standard InChI is InChI=1S/C26H23N3O3S/c1-31-21-10-9-15(14-22(21)32-2)25-24-18(12-16(13-20(24)30)23-8-5-11-33-23)28-26-27-17-6-3-4-7-19(17)29(25)26/h3-11,14,16,25H,12-13H2,1-2H3,(H,27,28). The van der Waals surface area contributed by atoms with Gasteiger partial charge in [0.15, 0.2) is 17.3 Å². The first kappa shape index (κ1) is 20.1. The molecule has 0 spiro atoms. The quantitative estimate of drug-likeness (QED) is 0.436.